The third-order valence-electron chi connectivity index (χ3n) is 6.51. The summed E-state index contributed by atoms with van der Waals surface area (Å²) < 4.78 is 14.6. The number of amides is 1. The molecule has 2 aromatic carbocycles. The molecule has 0 atom stereocenters. The Bertz CT molecular complexity index is 1480. The zero-order valence-corrected chi connectivity index (χ0v) is 21.8. The van der Waals surface area contributed by atoms with Crippen molar-refractivity contribution in [3.8, 4) is 17.2 Å². The number of imidazole rings is 1. The minimum Gasteiger partial charge on any atom is -0.457 e. The van der Waals surface area contributed by atoms with Gasteiger partial charge in [0.05, 0.1) is 5.69 Å². The smallest absolute Gasteiger partial charge is 0.410 e. The van der Waals surface area contributed by atoms with E-state index in [1.54, 1.807) is 14.0 Å². The molecule has 38 heavy (non-hydrogen) atoms. The number of likely N-dealkylation sites (tertiary alicyclic amines) is 1. The first kappa shape index (κ1) is 25.3. The molecule has 0 spiro atoms. The fourth-order valence-corrected chi connectivity index (χ4v) is 4.68. The van der Waals surface area contributed by atoms with Crippen LogP contribution in [0, 0.1) is 5.92 Å². The molecule has 0 radical (unpaired) electrons. The van der Waals surface area contributed by atoms with Gasteiger partial charge in [-0.15, -0.1) is 0 Å². The molecule has 1 amide bonds. The Morgan fingerprint density at radius 2 is 1.66 bits per heavy atom. The first-order valence-corrected chi connectivity index (χ1v) is 12.7. The molecular weight excluding hydrogens is 484 g/mol. The molecule has 0 unspecified atom stereocenters. The van der Waals surface area contributed by atoms with E-state index < -0.39 is 5.60 Å². The van der Waals surface area contributed by atoms with Gasteiger partial charge in [0.15, 0.2) is 11.5 Å². The maximum Gasteiger partial charge on any atom is 0.410 e. The number of carbonyl (C=O) groups excluding carboxylic acids is 1. The number of rotatable bonds is 5. The van der Waals surface area contributed by atoms with E-state index in [9.17, 15) is 9.59 Å². The number of aromatic nitrogens is 4. The first-order valence-electron chi connectivity index (χ1n) is 12.7. The van der Waals surface area contributed by atoms with Crippen LogP contribution in [0.5, 0.6) is 11.5 Å². The number of carbonyl (C=O) groups is 1. The number of para-hydroxylation sites is 1. The van der Waals surface area contributed by atoms with Crippen LogP contribution in [0.15, 0.2) is 65.7 Å². The third-order valence-corrected chi connectivity index (χ3v) is 6.51. The minimum atomic E-state index is -0.533. The van der Waals surface area contributed by atoms with E-state index >= 15 is 0 Å². The van der Waals surface area contributed by atoms with Crippen LogP contribution in [0.2, 0.25) is 0 Å². The predicted octanol–water partition coefficient (Wildman–Crippen LogP) is 4.60. The van der Waals surface area contributed by atoms with Gasteiger partial charge in [0.1, 0.15) is 28.9 Å². The van der Waals surface area contributed by atoms with Gasteiger partial charge >= 0.3 is 11.8 Å². The van der Waals surface area contributed by atoms with E-state index in [2.05, 4.69) is 9.97 Å². The van der Waals surface area contributed by atoms with Crippen LogP contribution in [0.25, 0.3) is 16.9 Å². The van der Waals surface area contributed by atoms with Crippen molar-refractivity contribution in [3.63, 3.8) is 0 Å². The van der Waals surface area contributed by atoms with Gasteiger partial charge < -0.3 is 20.1 Å². The van der Waals surface area contributed by atoms with Gasteiger partial charge in [-0.25, -0.2) is 19.6 Å². The molecule has 10 heteroatoms. The Morgan fingerprint density at radius 1 is 1.00 bits per heavy atom. The highest BCUT2D eigenvalue weighted by molar-refractivity contribution is 5.84. The topological polar surface area (TPSA) is 118 Å². The number of hydrogen-bond donors (Lipinski definition) is 1. The number of nitrogen functional groups attached to an aromatic ring is 1. The van der Waals surface area contributed by atoms with Gasteiger partial charge in [0, 0.05) is 19.6 Å². The van der Waals surface area contributed by atoms with Crippen molar-refractivity contribution in [2.24, 2.45) is 5.92 Å². The van der Waals surface area contributed by atoms with Crippen molar-refractivity contribution in [2.75, 3.05) is 18.8 Å². The largest absolute Gasteiger partial charge is 0.457 e. The minimum absolute atomic E-state index is 0.197. The lowest BCUT2D eigenvalue weighted by Crippen LogP contribution is -2.42. The van der Waals surface area contributed by atoms with Crippen LogP contribution in [0.1, 0.15) is 33.6 Å². The molecule has 198 valence electrons. The van der Waals surface area contributed by atoms with Crippen molar-refractivity contribution >= 4 is 23.1 Å². The van der Waals surface area contributed by atoms with Crippen LogP contribution >= 0.6 is 0 Å². The molecule has 1 saturated heterocycles. The maximum absolute atomic E-state index is 13.7. The molecule has 0 saturated carbocycles. The van der Waals surface area contributed by atoms with E-state index in [4.69, 9.17) is 15.2 Å². The lowest BCUT2D eigenvalue weighted by atomic mass is 9.97. The number of hydrogen-bond acceptors (Lipinski definition) is 7. The fourth-order valence-electron chi connectivity index (χ4n) is 4.68. The van der Waals surface area contributed by atoms with Crippen molar-refractivity contribution in [1.82, 2.24) is 24.0 Å². The summed E-state index contributed by atoms with van der Waals surface area (Å²) in [4.78, 5) is 36.4. The number of ether oxygens (including phenoxy) is 2. The standard InChI is InChI=1S/C28H32N6O4/c1-28(2,3)38-27(36)32-15-13-19(14-16-32)17-33-25-23(24(29)30-18-31-25)34(26(33)35)20-9-11-22(12-10-20)37-21-7-5-4-6-8-21/h4-12,18-19H,13-17H2,1-3H3,(H2,29,30,31). The summed E-state index contributed by atoms with van der Waals surface area (Å²) in [5, 5.41) is 0. The molecule has 1 aliphatic rings. The number of fused-ring (bicyclic) bond motifs is 1. The summed E-state index contributed by atoms with van der Waals surface area (Å²) in [6.07, 6.45) is 2.58. The molecule has 3 heterocycles. The van der Waals surface area contributed by atoms with Crippen LogP contribution in [0.4, 0.5) is 10.6 Å². The highest BCUT2D eigenvalue weighted by Crippen LogP contribution is 2.27. The molecule has 4 aromatic rings. The Labute approximate surface area is 220 Å². The number of piperidine rings is 1. The average Bonchev–Trinajstić information content (AvgIpc) is 3.17. The lowest BCUT2D eigenvalue weighted by Gasteiger charge is -2.33. The first-order chi connectivity index (χ1) is 18.2. The Balaban J connectivity index is 1.38. The normalized spacial score (nSPS) is 14.6. The van der Waals surface area contributed by atoms with Crippen molar-refractivity contribution in [1.29, 1.82) is 0 Å². The maximum atomic E-state index is 13.7. The van der Waals surface area contributed by atoms with Gasteiger partial charge in [-0.1, -0.05) is 18.2 Å². The van der Waals surface area contributed by atoms with Crippen LogP contribution in [-0.2, 0) is 11.3 Å². The number of nitrogens with zero attached hydrogens (tertiary/aromatic N) is 5. The Kier molecular flexibility index (Phi) is 6.79. The molecule has 2 aromatic heterocycles. The average molecular weight is 517 g/mol. The van der Waals surface area contributed by atoms with E-state index in [0.717, 1.165) is 18.6 Å². The van der Waals surface area contributed by atoms with E-state index in [-0.39, 0.29) is 23.5 Å². The highest BCUT2D eigenvalue weighted by Gasteiger charge is 2.28. The molecule has 2 N–H and O–H groups in total. The summed E-state index contributed by atoms with van der Waals surface area (Å²) in [5.41, 5.74) is 7.07. The Hall–Kier alpha value is -4.34. The second kappa shape index (κ2) is 10.2. The number of nitrogens with two attached hydrogens (primary N) is 1. The van der Waals surface area contributed by atoms with Gasteiger partial charge in [0.2, 0.25) is 0 Å². The quantitative estimate of drug-likeness (QED) is 0.412. The van der Waals surface area contributed by atoms with E-state index in [1.165, 1.54) is 6.33 Å². The monoisotopic (exact) mass is 516 g/mol. The zero-order chi connectivity index (χ0) is 26.9. The molecule has 10 nitrogen and oxygen atoms in total. The molecular formula is C28H32N6O4. The Morgan fingerprint density at radius 3 is 2.32 bits per heavy atom. The third kappa shape index (κ3) is 5.34. The van der Waals surface area contributed by atoms with Crippen LogP contribution < -0.4 is 16.2 Å². The fraction of sp³-hybridized carbons (Fsp3) is 0.357. The summed E-state index contributed by atoms with van der Waals surface area (Å²) >= 11 is 0. The van der Waals surface area contributed by atoms with Gasteiger partial charge in [-0.3, -0.25) is 9.13 Å². The zero-order valence-electron chi connectivity index (χ0n) is 21.8. The molecule has 1 fully saturated rings. The van der Waals surface area contributed by atoms with Crippen molar-refractivity contribution < 1.29 is 14.3 Å². The van der Waals surface area contributed by atoms with Gasteiger partial charge in [0.25, 0.3) is 0 Å². The van der Waals surface area contributed by atoms with Crippen LogP contribution in [-0.4, -0.2) is 48.8 Å². The summed E-state index contributed by atoms with van der Waals surface area (Å²) in [7, 11) is 0. The SMILES string of the molecule is CC(C)(C)OC(=O)N1CCC(Cn2c(=O)n(-c3ccc(Oc4ccccc4)cc3)c3c(N)ncnc32)CC1. The second-order valence-electron chi connectivity index (χ2n) is 10.5. The van der Waals surface area contributed by atoms with Crippen molar-refractivity contribution in [2.45, 2.75) is 45.8 Å². The summed E-state index contributed by atoms with van der Waals surface area (Å²) in [5.74, 6) is 1.81. The second-order valence-corrected chi connectivity index (χ2v) is 10.5. The number of benzene rings is 2. The van der Waals surface area contributed by atoms with Gasteiger partial charge in [-0.05, 0) is 75.9 Å². The number of anilines is 1. The van der Waals surface area contributed by atoms with Crippen molar-refractivity contribution in [3.05, 3.63) is 71.4 Å². The van der Waals surface area contributed by atoms with E-state index in [0.29, 0.717) is 42.2 Å². The summed E-state index contributed by atoms with van der Waals surface area (Å²) in [6.45, 7) is 7.20. The molecule has 0 aliphatic carbocycles. The summed E-state index contributed by atoms with van der Waals surface area (Å²) in [6, 6.07) is 16.7. The molecule has 5 rings (SSSR count). The van der Waals surface area contributed by atoms with Gasteiger partial charge in [-0.2, -0.15) is 0 Å². The highest BCUT2D eigenvalue weighted by atomic mass is 16.6. The lowest BCUT2D eigenvalue weighted by molar-refractivity contribution is 0.0178. The van der Waals surface area contributed by atoms with E-state index in [1.807, 2.05) is 75.4 Å². The molecule has 0 bridgehead atoms. The van der Waals surface area contributed by atoms with Crippen LogP contribution in [0.3, 0.4) is 0 Å². The molecule has 1 aliphatic heterocycles. The predicted molar refractivity (Wildman–Crippen MR) is 145 cm³/mol.